The Labute approximate surface area is 121 Å². The fourth-order valence-electron chi connectivity index (χ4n) is 2.41. The Hall–Kier alpha value is -1.33. The number of aryl methyl sites for hydroxylation is 1. The van der Waals surface area contributed by atoms with Crippen molar-refractivity contribution in [2.24, 2.45) is 0 Å². The first-order valence-electron chi connectivity index (χ1n) is 6.51. The largest absolute Gasteiger partial charge is 0.366 e. The third-order valence-corrected chi connectivity index (χ3v) is 3.95. The number of piperazine rings is 1. The third-order valence-electron chi connectivity index (χ3n) is 3.46. The highest BCUT2D eigenvalue weighted by molar-refractivity contribution is 9.10. The summed E-state index contributed by atoms with van der Waals surface area (Å²) in [6.07, 6.45) is 4.06. The molecular formula is C14H17BrN4. The normalized spacial score (nSPS) is 15.8. The first-order valence-corrected chi connectivity index (χ1v) is 7.30. The summed E-state index contributed by atoms with van der Waals surface area (Å²) in [5.41, 5.74) is 3.54. The summed E-state index contributed by atoms with van der Waals surface area (Å²) in [6, 6.07) is 6.25. The van der Waals surface area contributed by atoms with Gasteiger partial charge in [0.2, 0.25) is 0 Å². The molecule has 0 aliphatic carbocycles. The van der Waals surface area contributed by atoms with E-state index in [1.54, 1.807) is 0 Å². The number of aromatic nitrogens is 2. The standard InChI is InChI=1S/C14H17BrN4/c1-11-8-12(15)2-3-14(11)19-10-13(9-17-19)18-6-4-16-5-7-18/h2-3,8-10,16H,4-7H2,1H3. The van der Waals surface area contributed by atoms with Crippen LogP contribution in [0.2, 0.25) is 0 Å². The van der Waals surface area contributed by atoms with Crippen LogP contribution in [0, 0.1) is 6.92 Å². The molecule has 2 heterocycles. The molecule has 19 heavy (non-hydrogen) atoms. The van der Waals surface area contributed by atoms with Crippen LogP contribution in [0.25, 0.3) is 5.69 Å². The van der Waals surface area contributed by atoms with Gasteiger partial charge >= 0.3 is 0 Å². The van der Waals surface area contributed by atoms with Crippen LogP contribution in [0.5, 0.6) is 0 Å². The lowest BCUT2D eigenvalue weighted by atomic mass is 10.2. The van der Waals surface area contributed by atoms with Crippen molar-refractivity contribution in [1.29, 1.82) is 0 Å². The van der Waals surface area contributed by atoms with Crippen LogP contribution in [0.15, 0.2) is 35.1 Å². The number of anilines is 1. The van der Waals surface area contributed by atoms with E-state index in [1.165, 1.54) is 11.3 Å². The highest BCUT2D eigenvalue weighted by Gasteiger charge is 2.13. The molecule has 4 nitrogen and oxygen atoms in total. The zero-order valence-corrected chi connectivity index (χ0v) is 12.5. The minimum Gasteiger partial charge on any atom is -0.366 e. The van der Waals surface area contributed by atoms with Gasteiger partial charge in [-0.3, -0.25) is 0 Å². The van der Waals surface area contributed by atoms with Crippen LogP contribution in [-0.2, 0) is 0 Å². The predicted molar refractivity (Wildman–Crippen MR) is 81.1 cm³/mol. The number of hydrogen-bond donors (Lipinski definition) is 1. The fraction of sp³-hybridized carbons (Fsp3) is 0.357. The fourth-order valence-corrected chi connectivity index (χ4v) is 2.88. The summed E-state index contributed by atoms with van der Waals surface area (Å²) in [5, 5.41) is 7.86. The highest BCUT2D eigenvalue weighted by atomic mass is 79.9. The number of benzene rings is 1. The van der Waals surface area contributed by atoms with E-state index >= 15 is 0 Å². The van der Waals surface area contributed by atoms with E-state index in [9.17, 15) is 0 Å². The second-order valence-corrected chi connectivity index (χ2v) is 5.73. The zero-order valence-electron chi connectivity index (χ0n) is 10.9. The minimum atomic E-state index is 1.04. The van der Waals surface area contributed by atoms with Crippen molar-refractivity contribution in [2.75, 3.05) is 31.1 Å². The van der Waals surface area contributed by atoms with Gasteiger partial charge in [0.15, 0.2) is 0 Å². The number of rotatable bonds is 2. The van der Waals surface area contributed by atoms with Crippen LogP contribution < -0.4 is 10.2 Å². The smallest absolute Gasteiger partial charge is 0.0758 e. The van der Waals surface area contributed by atoms with Crippen molar-refractivity contribution in [2.45, 2.75) is 6.92 Å². The average Bonchev–Trinajstić information content (AvgIpc) is 2.89. The van der Waals surface area contributed by atoms with Gasteiger partial charge in [0.25, 0.3) is 0 Å². The van der Waals surface area contributed by atoms with Crippen LogP contribution in [0.3, 0.4) is 0 Å². The number of hydrogen-bond acceptors (Lipinski definition) is 3. The number of nitrogens with one attached hydrogen (secondary N) is 1. The van der Waals surface area contributed by atoms with E-state index in [0.29, 0.717) is 0 Å². The molecule has 5 heteroatoms. The Balaban J connectivity index is 1.87. The summed E-state index contributed by atoms with van der Waals surface area (Å²) >= 11 is 3.49. The summed E-state index contributed by atoms with van der Waals surface area (Å²) in [7, 11) is 0. The van der Waals surface area contributed by atoms with Crippen molar-refractivity contribution in [1.82, 2.24) is 15.1 Å². The molecule has 0 spiro atoms. The molecule has 1 N–H and O–H groups in total. The van der Waals surface area contributed by atoms with E-state index in [4.69, 9.17) is 0 Å². The summed E-state index contributed by atoms with van der Waals surface area (Å²) in [6.45, 7) is 6.28. The van der Waals surface area contributed by atoms with Crippen LogP contribution in [0.4, 0.5) is 5.69 Å². The molecule has 1 aromatic heterocycles. The predicted octanol–water partition coefficient (Wildman–Crippen LogP) is 2.35. The molecule has 2 aromatic rings. The number of nitrogens with zero attached hydrogens (tertiary/aromatic N) is 3. The minimum absolute atomic E-state index is 1.04. The van der Waals surface area contributed by atoms with Gasteiger partial charge in [0.1, 0.15) is 0 Å². The first-order chi connectivity index (χ1) is 9.24. The topological polar surface area (TPSA) is 33.1 Å². The SMILES string of the molecule is Cc1cc(Br)ccc1-n1cc(N2CCNCC2)cn1. The maximum Gasteiger partial charge on any atom is 0.0758 e. The van der Waals surface area contributed by atoms with Gasteiger partial charge in [-0.25, -0.2) is 4.68 Å². The van der Waals surface area contributed by atoms with Crippen molar-refractivity contribution >= 4 is 21.6 Å². The molecule has 1 aliphatic rings. The lowest BCUT2D eigenvalue weighted by Crippen LogP contribution is -2.43. The van der Waals surface area contributed by atoms with Gasteiger partial charge in [-0.2, -0.15) is 5.10 Å². The Morgan fingerprint density at radius 3 is 2.79 bits per heavy atom. The molecule has 0 atom stereocenters. The first kappa shape index (κ1) is 12.7. The van der Waals surface area contributed by atoms with Gasteiger partial charge in [-0.05, 0) is 30.7 Å². The molecule has 0 amide bonds. The van der Waals surface area contributed by atoms with E-state index in [1.807, 2.05) is 10.9 Å². The van der Waals surface area contributed by atoms with E-state index in [2.05, 4.69) is 62.6 Å². The summed E-state index contributed by atoms with van der Waals surface area (Å²) in [4.78, 5) is 2.37. The Bertz CT molecular complexity index is 573. The molecule has 3 rings (SSSR count). The molecular weight excluding hydrogens is 304 g/mol. The van der Waals surface area contributed by atoms with E-state index in [0.717, 1.165) is 36.3 Å². The van der Waals surface area contributed by atoms with E-state index in [-0.39, 0.29) is 0 Å². The van der Waals surface area contributed by atoms with Crippen molar-refractivity contribution in [3.63, 3.8) is 0 Å². The van der Waals surface area contributed by atoms with Crippen LogP contribution in [0.1, 0.15) is 5.56 Å². The molecule has 1 saturated heterocycles. The Kier molecular flexibility index (Phi) is 3.57. The molecule has 0 saturated carbocycles. The molecule has 100 valence electrons. The maximum absolute atomic E-state index is 4.49. The molecule has 1 aromatic carbocycles. The lowest BCUT2D eigenvalue weighted by Gasteiger charge is -2.27. The zero-order chi connectivity index (χ0) is 13.2. The third kappa shape index (κ3) is 2.67. The van der Waals surface area contributed by atoms with Crippen molar-refractivity contribution in [3.8, 4) is 5.69 Å². The van der Waals surface area contributed by atoms with Gasteiger partial charge in [0, 0.05) is 30.7 Å². The van der Waals surface area contributed by atoms with Crippen LogP contribution in [-0.4, -0.2) is 36.0 Å². The van der Waals surface area contributed by atoms with Crippen LogP contribution >= 0.6 is 15.9 Å². The quantitative estimate of drug-likeness (QED) is 0.922. The second-order valence-electron chi connectivity index (χ2n) is 4.81. The van der Waals surface area contributed by atoms with Gasteiger partial charge in [0.05, 0.1) is 23.8 Å². The second kappa shape index (κ2) is 5.35. The van der Waals surface area contributed by atoms with Crippen molar-refractivity contribution in [3.05, 3.63) is 40.6 Å². The molecule has 0 radical (unpaired) electrons. The molecule has 1 aliphatic heterocycles. The van der Waals surface area contributed by atoms with Gasteiger partial charge < -0.3 is 10.2 Å². The molecule has 1 fully saturated rings. The van der Waals surface area contributed by atoms with E-state index < -0.39 is 0 Å². The monoisotopic (exact) mass is 320 g/mol. The van der Waals surface area contributed by atoms with Gasteiger partial charge in [-0.15, -0.1) is 0 Å². The lowest BCUT2D eigenvalue weighted by molar-refractivity contribution is 0.589. The summed E-state index contributed by atoms with van der Waals surface area (Å²) in [5.74, 6) is 0. The van der Waals surface area contributed by atoms with Crippen molar-refractivity contribution < 1.29 is 0 Å². The maximum atomic E-state index is 4.49. The molecule has 0 bridgehead atoms. The van der Waals surface area contributed by atoms with Gasteiger partial charge in [-0.1, -0.05) is 15.9 Å². The average molecular weight is 321 g/mol. The summed E-state index contributed by atoms with van der Waals surface area (Å²) < 4.78 is 3.06. The highest BCUT2D eigenvalue weighted by Crippen LogP contribution is 2.21. The molecule has 0 unspecified atom stereocenters. The Morgan fingerprint density at radius 2 is 2.05 bits per heavy atom. The number of halogens is 1. The Morgan fingerprint density at radius 1 is 1.26 bits per heavy atom.